The van der Waals surface area contributed by atoms with Crippen LogP contribution in [0.5, 0.6) is 0 Å². The molecular weight excluding hydrogens is 202 g/mol. The minimum absolute atomic E-state index is 0.411. The Kier molecular flexibility index (Phi) is 2.70. The summed E-state index contributed by atoms with van der Waals surface area (Å²) in [4.78, 5) is 16.1. The van der Waals surface area contributed by atoms with Gasteiger partial charge in [0.2, 0.25) is 0 Å². The molecule has 1 aliphatic heterocycles. The van der Waals surface area contributed by atoms with Gasteiger partial charge in [-0.25, -0.2) is 5.06 Å². The summed E-state index contributed by atoms with van der Waals surface area (Å²) in [6.45, 7) is 0.925. The number of carbonyl (C=O) groups is 1. The van der Waals surface area contributed by atoms with Crippen LogP contribution in [0.4, 0.5) is 4.79 Å². The van der Waals surface area contributed by atoms with Crippen LogP contribution in [-0.2, 0) is 17.9 Å². The van der Waals surface area contributed by atoms with Crippen molar-refractivity contribution in [3.8, 4) is 0 Å². The predicted molar refractivity (Wildman–Crippen MR) is 52.9 cm³/mol. The summed E-state index contributed by atoms with van der Waals surface area (Å²) >= 11 is 5.33. The van der Waals surface area contributed by atoms with Crippen LogP contribution in [0.15, 0.2) is 24.3 Å². The zero-order valence-corrected chi connectivity index (χ0v) is 8.33. The second-order valence-corrected chi connectivity index (χ2v) is 3.47. The molecule has 0 N–H and O–H groups in total. The highest BCUT2D eigenvalue weighted by molar-refractivity contribution is 6.62. The van der Waals surface area contributed by atoms with E-state index in [1.165, 1.54) is 10.6 Å². The van der Waals surface area contributed by atoms with Gasteiger partial charge in [-0.1, -0.05) is 24.3 Å². The lowest BCUT2D eigenvalue weighted by molar-refractivity contribution is -0.116. The second kappa shape index (κ2) is 3.98. The summed E-state index contributed by atoms with van der Waals surface area (Å²) in [6.07, 6.45) is 0.786. The number of hydroxylamine groups is 2. The summed E-state index contributed by atoms with van der Waals surface area (Å²) in [7, 11) is 0. The van der Waals surface area contributed by atoms with E-state index >= 15 is 0 Å². The van der Waals surface area contributed by atoms with Gasteiger partial charge in [0.1, 0.15) is 6.61 Å². The molecule has 14 heavy (non-hydrogen) atoms. The molecule has 0 fully saturated rings. The van der Waals surface area contributed by atoms with Crippen molar-refractivity contribution >= 4 is 17.0 Å². The van der Waals surface area contributed by atoms with Crippen molar-refractivity contribution in [3.63, 3.8) is 0 Å². The monoisotopic (exact) mass is 211 g/mol. The first kappa shape index (κ1) is 9.49. The van der Waals surface area contributed by atoms with Crippen molar-refractivity contribution in [1.29, 1.82) is 0 Å². The highest BCUT2D eigenvalue weighted by Crippen LogP contribution is 2.17. The maximum Gasteiger partial charge on any atom is 0.340 e. The zero-order valence-electron chi connectivity index (χ0n) is 7.57. The largest absolute Gasteiger partial charge is 0.340 e. The molecule has 3 nitrogen and oxygen atoms in total. The van der Waals surface area contributed by atoms with Gasteiger partial charge in [0.25, 0.3) is 0 Å². The van der Waals surface area contributed by atoms with Gasteiger partial charge in [-0.3, -0.25) is 9.63 Å². The van der Waals surface area contributed by atoms with Crippen LogP contribution in [0.2, 0.25) is 0 Å². The number of benzene rings is 1. The molecule has 4 heteroatoms. The third kappa shape index (κ3) is 1.89. The Balaban J connectivity index is 2.18. The zero-order chi connectivity index (χ0) is 9.97. The minimum atomic E-state index is -0.558. The quantitative estimate of drug-likeness (QED) is 0.487. The fourth-order valence-electron chi connectivity index (χ4n) is 1.51. The molecule has 1 aromatic carbocycles. The molecule has 0 radical (unpaired) electrons. The van der Waals surface area contributed by atoms with Gasteiger partial charge in [-0.05, 0) is 29.1 Å². The number of fused-ring (bicyclic) bond motifs is 1. The first-order chi connectivity index (χ1) is 6.77. The number of rotatable bonds is 0. The number of hydrogen-bond acceptors (Lipinski definition) is 2. The highest BCUT2D eigenvalue weighted by Gasteiger charge is 2.17. The van der Waals surface area contributed by atoms with Crippen LogP contribution in [0.25, 0.3) is 0 Å². The van der Waals surface area contributed by atoms with Crippen LogP contribution < -0.4 is 0 Å². The first-order valence-corrected chi connectivity index (χ1v) is 4.82. The molecule has 0 aromatic heterocycles. The molecular formula is C10H10ClNO2. The molecule has 0 aliphatic carbocycles. The van der Waals surface area contributed by atoms with Crippen molar-refractivity contribution < 1.29 is 9.63 Å². The van der Waals surface area contributed by atoms with Crippen LogP contribution >= 0.6 is 11.6 Å². The molecule has 1 heterocycles. The summed E-state index contributed by atoms with van der Waals surface area (Å²) in [5.74, 6) is 0. The van der Waals surface area contributed by atoms with E-state index in [0.29, 0.717) is 13.2 Å². The van der Waals surface area contributed by atoms with Crippen molar-refractivity contribution in [2.45, 2.75) is 13.0 Å². The Hall–Kier alpha value is -1.06. The van der Waals surface area contributed by atoms with Crippen LogP contribution in [0, 0.1) is 0 Å². The van der Waals surface area contributed by atoms with E-state index in [-0.39, 0.29) is 0 Å². The van der Waals surface area contributed by atoms with E-state index < -0.39 is 5.37 Å². The smallest absolute Gasteiger partial charge is 0.265 e. The number of halogens is 1. The van der Waals surface area contributed by atoms with Crippen LogP contribution in [0.1, 0.15) is 11.1 Å². The number of carbonyl (C=O) groups excluding carboxylic acids is 1. The fourth-order valence-corrected chi connectivity index (χ4v) is 1.65. The lowest BCUT2D eigenvalue weighted by atomic mass is 10.1. The Labute approximate surface area is 87.2 Å². The summed E-state index contributed by atoms with van der Waals surface area (Å²) in [6, 6.07) is 7.98. The molecule has 0 atom stereocenters. The SMILES string of the molecule is O=C(Cl)N1CCc2ccccc2CO1. The van der Waals surface area contributed by atoms with Gasteiger partial charge < -0.3 is 0 Å². The Bertz CT molecular complexity index is 327. The van der Waals surface area contributed by atoms with E-state index in [0.717, 1.165) is 12.0 Å². The standard InChI is InChI=1S/C10H10ClNO2/c11-10(13)12-6-5-8-3-1-2-4-9(8)7-14-12/h1-4H,5-7H2. The third-order valence-corrected chi connectivity index (χ3v) is 2.46. The Morgan fingerprint density at radius 1 is 1.36 bits per heavy atom. The van der Waals surface area contributed by atoms with Gasteiger partial charge in [-0.15, -0.1) is 0 Å². The van der Waals surface area contributed by atoms with Gasteiger partial charge in [0, 0.05) is 0 Å². The van der Waals surface area contributed by atoms with Gasteiger partial charge >= 0.3 is 5.37 Å². The molecule has 0 saturated heterocycles. The van der Waals surface area contributed by atoms with Crippen molar-refractivity contribution in [3.05, 3.63) is 35.4 Å². The maximum atomic E-state index is 10.9. The fraction of sp³-hybridized carbons (Fsp3) is 0.300. The van der Waals surface area contributed by atoms with Gasteiger partial charge in [0.15, 0.2) is 0 Å². The van der Waals surface area contributed by atoms with Crippen molar-refractivity contribution in [2.75, 3.05) is 6.54 Å². The van der Waals surface area contributed by atoms with E-state index in [1.54, 1.807) is 0 Å². The average molecular weight is 212 g/mol. The number of nitrogens with zero attached hydrogens (tertiary/aromatic N) is 1. The normalized spacial score (nSPS) is 15.9. The molecule has 0 unspecified atom stereocenters. The van der Waals surface area contributed by atoms with Gasteiger partial charge in [-0.2, -0.15) is 0 Å². The lowest BCUT2D eigenvalue weighted by Crippen LogP contribution is -2.26. The van der Waals surface area contributed by atoms with Gasteiger partial charge in [0.05, 0.1) is 6.54 Å². The average Bonchev–Trinajstić information content (AvgIpc) is 2.39. The highest BCUT2D eigenvalue weighted by atomic mass is 35.5. The Morgan fingerprint density at radius 3 is 2.79 bits per heavy atom. The van der Waals surface area contributed by atoms with E-state index in [2.05, 4.69) is 0 Å². The van der Waals surface area contributed by atoms with Crippen molar-refractivity contribution in [2.24, 2.45) is 0 Å². The Morgan fingerprint density at radius 2 is 2.07 bits per heavy atom. The predicted octanol–water partition coefficient (Wildman–Crippen LogP) is 2.34. The molecule has 1 aromatic rings. The molecule has 0 bridgehead atoms. The third-order valence-electron chi connectivity index (χ3n) is 2.27. The molecule has 74 valence electrons. The molecule has 1 aliphatic rings. The first-order valence-electron chi connectivity index (χ1n) is 4.44. The van der Waals surface area contributed by atoms with Crippen molar-refractivity contribution in [1.82, 2.24) is 5.06 Å². The second-order valence-electron chi connectivity index (χ2n) is 3.15. The molecule has 0 spiro atoms. The summed E-state index contributed by atoms with van der Waals surface area (Å²) in [5.41, 5.74) is 2.33. The number of amides is 1. The minimum Gasteiger partial charge on any atom is -0.265 e. The lowest BCUT2D eigenvalue weighted by Gasteiger charge is -2.14. The molecule has 0 saturated carbocycles. The topological polar surface area (TPSA) is 29.5 Å². The van der Waals surface area contributed by atoms with E-state index in [4.69, 9.17) is 16.4 Å². The molecule has 1 amide bonds. The van der Waals surface area contributed by atoms with Crippen LogP contribution in [-0.4, -0.2) is 17.0 Å². The summed E-state index contributed by atoms with van der Waals surface area (Å²) < 4.78 is 0. The number of hydrogen-bond donors (Lipinski definition) is 0. The van der Waals surface area contributed by atoms with E-state index in [9.17, 15) is 4.79 Å². The van der Waals surface area contributed by atoms with Crippen LogP contribution in [0.3, 0.4) is 0 Å². The summed E-state index contributed by atoms with van der Waals surface area (Å²) in [5, 5.41) is 0.638. The molecule has 2 rings (SSSR count). The van der Waals surface area contributed by atoms with E-state index in [1.807, 2.05) is 24.3 Å². The maximum absolute atomic E-state index is 10.9.